The molecule has 13 nitrogen and oxygen atoms in total. The van der Waals surface area contributed by atoms with Crippen LogP contribution in [0.3, 0.4) is 0 Å². The molecule has 5 aromatic carbocycles. The van der Waals surface area contributed by atoms with E-state index in [-0.39, 0.29) is 55.9 Å². The molecule has 0 radical (unpaired) electrons. The Morgan fingerprint density at radius 1 is 0.625 bits per heavy atom. The molecule has 2 N–H and O–H groups in total. The van der Waals surface area contributed by atoms with Crippen LogP contribution in [0.4, 0.5) is 5.69 Å². The molecule has 0 amide bonds. The van der Waals surface area contributed by atoms with Gasteiger partial charge in [-0.1, -0.05) is 99.4 Å². The van der Waals surface area contributed by atoms with E-state index in [1.165, 1.54) is 57.5 Å². The first-order valence-corrected chi connectivity index (χ1v) is 21.2. The number of hydrogen-bond donors (Lipinski definition) is 2. The normalized spacial score (nSPS) is 10.7. The fraction of sp³-hybridized carbons (Fsp3) is 0.227. The van der Waals surface area contributed by atoms with E-state index in [0.717, 1.165) is 11.3 Å². The van der Waals surface area contributed by atoms with E-state index < -0.39 is 36.6 Å². The number of hydrogen-bond acceptors (Lipinski definition) is 11. The van der Waals surface area contributed by atoms with Crippen LogP contribution >= 0.6 is 81.2 Å². The monoisotopic (exact) mass is 1020 g/mol. The number of aliphatic carboxylic acids is 2. The number of halogens is 7. The number of para-hydroxylation sites is 1. The average molecular weight is 1020 g/mol. The minimum absolute atomic E-state index is 0.0192. The van der Waals surface area contributed by atoms with Crippen LogP contribution in [0.25, 0.3) is 0 Å². The summed E-state index contributed by atoms with van der Waals surface area (Å²) in [5.74, 6) is -2.17. The van der Waals surface area contributed by atoms with Crippen molar-refractivity contribution in [2.24, 2.45) is 0 Å². The maximum absolute atomic E-state index is 12.7. The Morgan fingerprint density at radius 3 is 1.75 bits per heavy atom. The van der Waals surface area contributed by atoms with Crippen molar-refractivity contribution in [3.8, 4) is 23.0 Å². The second-order valence-corrected chi connectivity index (χ2v) is 15.7. The first-order chi connectivity index (χ1) is 30.4. The lowest BCUT2D eigenvalue weighted by atomic mass is 10.2. The third kappa shape index (κ3) is 16.9. The molecule has 5 rings (SSSR count). The van der Waals surface area contributed by atoms with E-state index in [2.05, 4.69) is 0 Å². The summed E-state index contributed by atoms with van der Waals surface area (Å²) in [7, 11) is 2.79. The predicted molar refractivity (Wildman–Crippen MR) is 249 cm³/mol. The molecule has 64 heavy (non-hydrogen) atoms. The first kappa shape index (κ1) is 53.3. The Hall–Kier alpha value is -4.99. The Labute approximate surface area is 404 Å². The number of rotatable bonds is 17. The smallest absolute Gasteiger partial charge is 0.344 e. The minimum atomic E-state index is -1.05. The highest BCUT2D eigenvalue weighted by Crippen LogP contribution is 2.35. The Bertz CT molecular complexity index is 2390. The molecule has 0 spiro atoms. The zero-order valence-electron chi connectivity index (χ0n) is 34.3. The largest absolute Gasteiger partial charge is 0.494 e. The molecule has 1 atom stereocenters. The summed E-state index contributed by atoms with van der Waals surface area (Å²) in [6, 6.07) is 25.0. The second kappa shape index (κ2) is 26.7. The molecule has 0 aromatic heterocycles. The standard InChI is InChI=1S/C26H23Cl4NO6.C10H11ClO3.C8H6Cl2O3/c1-34-23-18(14-16(27)15-21(23)30)25(32)36-12-10-31(17-6-4-3-5-7-17)11-13-37-26(33)22-19(28)8-9-20(29)24(22)35-2;1-6-5-8(11)3-4-9(6)14-7(2)10(12)13;9-5-1-2-7(6(10)3-5)13-4-8(11)12/h3-9,14-15H,10-13H2,1-2H3;3-5,7H,1-2H3,(H,12,13);1-3H,4H2,(H,11,12). The highest BCUT2D eigenvalue weighted by atomic mass is 35.5. The van der Waals surface area contributed by atoms with E-state index in [1.807, 2.05) is 42.2 Å². The molecule has 0 fully saturated rings. The van der Waals surface area contributed by atoms with Crippen LogP contribution in [0.1, 0.15) is 33.2 Å². The molecule has 0 aliphatic carbocycles. The summed E-state index contributed by atoms with van der Waals surface area (Å²) >= 11 is 41.5. The second-order valence-electron chi connectivity index (χ2n) is 12.8. The number of carboxylic acids is 2. The van der Waals surface area contributed by atoms with Crippen LogP contribution in [0.2, 0.25) is 35.2 Å². The quantitative estimate of drug-likeness (QED) is 0.0845. The molecular formula is C44H40Cl7NO12. The molecule has 0 saturated carbocycles. The van der Waals surface area contributed by atoms with Crippen molar-refractivity contribution in [3.63, 3.8) is 0 Å². The van der Waals surface area contributed by atoms with Crippen LogP contribution in [0, 0.1) is 6.92 Å². The zero-order valence-corrected chi connectivity index (χ0v) is 39.6. The molecule has 20 heteroatoms. The number of carboxylic acid groups (broad SMARTS) is 2. The van der Waals surface area contributed by atoms with Crippen molar-refractivity contribution in [2.45, 2.75) is 20.0 Å². The molecule has 5 aromatic rings. The van der Waals surface area contributed by atoms with Gasteiger partial charge in [0.05, 0.1) is 47.4 Å². The maximum atomic E-state index is 12.7. The number of esters is 2. The minimum Gasteiger partial charge on any atom is -0.494 e. The third-order valence-corrected chi connectivity index (χ3v) is 10.1. The van der Waals surface area contributed by atoms with Gasteiger partial charge in [-0.2, -0.15) is 0 Å². The number of ether oxygens (including phenoxy) is 6. The van der Waals surface area contributed by atoms with Gasteiger partial charge in [-0.25, -0.2) is 19.2 Å². The van der Waals surface area contributed by atoms with E-state index in [1.54, 1.807) is 24.3 Å². The average Bonchev–Trinajstić information content (AvgIpc) is 3.24. The fourth-order valence-electron chi connectivity index (χ4n) is 5.22. The molecule has 342 valence electrons. The molecular weight excluding hydrogens is 983 g/mol. The van der Waals surface area contributed by atoms with E-state index >= 15 is 0 Å². The highest BCUT2D eigenvalue weighted by molar-refractivity contribution is 6.37. The van der Waals surface area contributed by atoms with Gasteiger partial charge in [0.2, 0.25) is 0 Å². The maximum Gasteiger partial charge on any atom is 0.344 e. The SMILES string of the molecule is COc1c(Cl)cc(Cl)cc1C(=O)OCCN(CCOC(=O)c1c(Cl)ccc(Cl)c1OC)c1ccccc1.Cc1cc(Cl)ccc1OC(C)C(=O)O.O=C(O)COc1ccc(Cl)cc1Cl. The molecule has 0 aliphatic heterocycles. The lowest BCUT2D eigenvalue weighted by molar-refractivity contribution is -0.144. The molecule has 0 bridgehead atoms. The van der Waals surface area contributed by atoms with Crippen LogP contribution in [-0.2, 0) is 19.1 Å². The number of aryl methyl sites for hydroxylation is 1. The van der Waals surface area contributed by atoms with Gasteiger partial charge in [-0.05, 0) is 92.2 Å². The van der Waals surface area contributed by atoms with Crippen LogP contribution < -0.4 is 23.8 Å². The lowest BCUT2D eigenvalue weighted by Crippen LogP contribution is -2.32. The van der Waals surface area contributed by atoms with Crippen LogP contribution in [0.5, 0.6) is 23.0 Å². The van der Waals surface area contributed by atoms with Gasteiger partial charge < -0.3 is 43.5 Å². The number of nitrogens with zero attached hydrogens (tertiary/aromatic N) is 1. The first-order valence-electron chi connectivity index (χ1n) is 18.5. The van der Waals surface area contributed by atoms with Crippen LogP contribution in [-0.4, -0.2) is 87.3 Å². The van der Waals surface area contributed by atoms with Gasteiger partial charge in [-0.3, -0.25) is 0 Å². The van der Waals surface area contributed by atoms with E-state index in [9.17, 15) is 19.2 Å². The molecule has 0 heterocycles. The summed E-state index contributed by atoms with van der Waals surface area (Å²) in [5, 5.41) is 19.2. The van der Waals surface area contributed by atoms with Crippen molar-refractivity contribution in [1.29, 1.82) is 0 Å². The number of carbonyl (C=O) groups excluding carboxylic acids is 2. The molecule has 1 unspecified atom stereocenters. The predicted octanol–water partition coefficient (Wildman–Crippen LogP) is 11.8. The molecule has 0 saturated heterocycles. The number of benzene rings is 5. The summed E-state index contributed by atoms with van der Waals surface area (Å²) in [6.07, 6.45) is -0.852. The fourth-order valence-corrected chi connectivity index (χ4v) is 6.94. The van der Waals surface area contributed by atoms with Crippen molar-refractivity contribution in [3.05, 3.63) is 143 Å². The summed E-state index contributed by atoms with van der Waals surface area (Å²) in [4.78, 5) is 48.0. The number of carbonyl (C=O) groups is 4. The van der Waals surface area contributed by atoms with Gasteiger partial charge in [0.15, 0.2) is 24.2 Å². The van der Waals surface area contributed by atoms with Crippen molar-refractivity contribution < 1.29 is 57.8 Å². The van der Waals surface area contributed by atoms with Crippen molar-refractivity contribution in [2.75, 3.05) is 52.0 Å². The Kier molecular flexibility index (Phi) is 22.3. The van der Waals surface area contributed by atoms with Gasteiger partial charge >= 0.3 is 23.9 Å². The lowest BCUT2D eigenvalue weighted by Gasteiger charge is -2.24. The van der Waals surface area contributed by atoms with Crippen molar-refractivity contribution in [1.82, 2.24) is 0 Å². The Morgan fingerprint density at radius 2 is 1.19 bits per heavy atom. The van der Waals surface area contributed by atoms with Gasteiger partial charge in [0, 0.05) is 20.8 Å². The molecule has 0 aliphatic rings. The summed E-state index contributed by atoms with van der Waals surface area (Å²) in [5.41, 5.74) is 1.83. The van der Waals surface area contributed by atoms with E-state index in [4.69, 9.17) is 120 Å². The van der Waals surface area contributed by atoms with Gasteiger partial charge in [0.1, 0.15) is 35.8 Å². The Balaban J connectivity index is 0.000000327. The topological polar surface area (TPSA) is 167 Å². The van der Waals surface area contributed by atoms with Gasteiger partial charge in [0.25, 0.3) is 0 Å². The van der Waals surface area contributed by atoms with E-state index in [0.29, 0.717) is 39.7 Å². The highest BCUT2D eigenvalue weighted by Gasteiger charge is 2.22. The third-order valence-electron chi connectivity index (χ3n) is 8.24. The van der Waals surface area contributed by atoms with Crippen molar-refractivity contribution >= 4 is 111 Å². The number of anilines is 1. The van der Waals surface area contributed by atoms with Crippen LogP contribution in [0.15, 0.2) is 91.0 Å². The zero-order chi connectivity index (χ0) is 47.5. The summed E-state index contributed by atoms with van der Waals surface area (Å²) < 4.78 is 31.4. The van der Waals surface area contributed by atoms with Gasteiger partial charge in [-0.15, -0.1) is 0 Å². The summed E-state index contributed by atoms with van der Waals surface area (Å²) in [6.45, 7) is 3.55. The number of methoxy groups -OCH3 is 2.